The van der Waals surface area contributed by atoms with E-state index in [0.717, 1.165) is 16.5 Å². The zero-order chi connectivity index (χ0) is 20.2. The third-order valence-corrected chi connectivity index (χ3v) is 4.95. The molecule has 0 N–H and O–H groups in total. The Morgan fingerprint density at radius 1 is 1.00 bits per heavy atom. The summed E-state index contributed by atoms with van der Waals surface area (Å²) < 4.78 is 10.0. The average Bonchev–Trinajstić information content (AvgIpc) is 2.69. The minimum atomic E-state index is -1.75. The molecular weight excluding hydrogens is 342 g/mol. The van der Waals surface area contributed by atoms with Crippen molar-refractivity contribution in [2.75, 3.05) is 14.2 Å². The van der Waals surface area contributed by atoms with Gasteiger partial charge in [-0.2, -0.15) is 5.26 Å². The number of rotatable bonds is 5. The van der Waals surface area contributed by atoms with Crippen molar-refractivity contribution in [3.05, 3.63) is 58.7 Å². The summed E-state index contributed by atoms with van der Waals surface area (Å²) in [7, 11) is 2.45. The van der Waals surface area contributed by atoms with Crippen LogP contribution in [0.15, 0.2) is 47.5 Å². The van der Waals surface area contributed by atoms with Crippen LogP contribution in [0.25, 0.3) is 10.8 Å². The zero-order valence-corrected chi connectivity index (χ0v) is 16.3. The number of nitriles is 1. The van der Waals surface area contributed by atoms with Gasteiger partial charge in [0.2, 0.25) is 0 Å². The van der Waals surface area contributed by atoms with Crippen LogP contribution >= 0.6 is 0 Å². The Labute approximate surface area is 159 Å². The molecule has 140 valence electrons. The summed E-state index contributed by atoms with van der Waals surface area (Å²) in [6.45, 7) is 5.66. The maximum absolute atomic E-state index is 12.9. The quantitative estimate of drug-likeness (QED) is 0.454. The Bertz CT molecular complexity index is 946. The van der Waals surface area contributed by atoms with Crippen LogP contribution in [0.3, 0.4) is 0 Å². The van der Waals surface area contributed by atoms with Gasteiger partial charge >= 0.3 is 11.9 Å². The Balaban J connectivity index is 2.95. The molecule has 0 aromatic heterocycles. The fourth-order valence-electron chi connectivity index (χ4n) is 3.21. The molecule has 0 saturated carbocycles. The molecule has 5 nitrogen and oxygen atoms in total. The highest BCUT2D eigenvalue weighted by Gasteiger charge is 2.51. The summed E-state index contributed by atoms with van der Waals surface area (Å²) in [6.07, 6.45) is 0.0711. The molecule has 2 aromatic rings. The maximum atomic E-state index is 12.9. The molecule has 0 amide bonds. The van der Waals surface area contributed by atoms with Crippen molar-refractivity contribution in [1.29, 1.82) is 5.26 Å². The maximum Gasteiger partial charge on any atom is 0.328 e. The first-order chi connectivity index (χ1) is 12.8. The first kappa shape index (κ1) is 20.2. The molecule has 0 aliphatic heterocycles. The molecule has 0 saturated heterocycles. The van der Waals surface area contributed by atoms with Gasteiger partial charge in [-0.3, -0.25) is 9.59 Å². The van der Waals surface area contributed by atoms with E-state index in [1.165, 1.54) is 14.2 Å². The predicted octanol–water partition coefficient (Wildman–Crippen LogP) is 4.04. The Morgan fingerprint density at radius 2 is 1.59 bits per heavy atom. The van der Waals surface area contributed by atoms with Gasteiger partial charge in [-0.1, -0.05) is 47.5 Å². The number of methoxy groups -OCH3 is 2. The van der Waals surface area contributed by atoms with Gasteiger partial charge in [0.25, 0.3) is 0 Å². The van der Waals surface area contributed by atoms with Crippen LogP contribution in [0, 0.1) is 11.3 Å². The molecule has 0 heterocycles. The second kappa shape index (κ2) is 8.05. The molecule has 0 atom stereocenters. The van der Waals surface area contributed by atoms with Crippen LogP contribution in [-0.2, 0) is 24.5 Å². The van der Waals surface area contributed by atoms with E-state index in [9.17, 15) is 14.9 Å². The van der Waals surface area contributed by atoms with Gasteiger partial charge in [-0.05, 0) is 43.5 Å². The highest BCUT2D eigenvalue weighted by Crippen LogP contribution is 2.39. The van der Waals surface area contributed by atoms with E-state index in [0.29, 0.717) is 10.9 Å². The predicted molar refractivity (Wildman–Crippen MR) is 103 cm³/mol. The lowest BCUT2D eigenvalue weighted by Crippen LogP contribution is -2.46. The lowest BCUT2D eigenvalue weighted by molar-refractivity contribution is -0.162. The number of fused-ring (bicyclic) bond motifs is 1. The molecule has 2 aromatic carbocycles. The molecule has 0 fully saturated rings. The number of carbonyl (C=O) groups is 2. The van der Waals surface area contributed by atoms with Gasteiger partial charge < -0.3 is 9.47 Å². The van der Waals surface area contributed by atoms with E-state index in [1.54, 1.807) is 18.2 Å². The molecule has 5 heteroatoms. The molecule has 0 radical (unpaired) electrons. The number of hydrogen-bond acceptors (Lipinski definition) is 5. The summed E-state index contributed by atoms with van der Waals surface area (Å²) >= 11 is 0. The van der Waals surface area contributed by atoms with E-state index in [2.05, 4.69) is 6.07 Å². The van der Waals surface area contributed by atoms with Crippen LogP contribution in [0.1, 0.15) is 38.3 Å². The topological polar surface area (TPSA) is 76.4 Å². The van der Waals surface area contributed by atoms with Crippen molar-refractivity contribution in [1.82, 2.24) is 0 Å². The van der Waals surface area contributed by atoms with Gasteiger partial charge in [-0.15, -0.1) is 0 Å². The highest BCUT2D eigenvalue weighted by molar-refractivity contribution is 6.08. The molecule has 0 spiro atoms. The van der Waals surface area contributed by atoms with Crippen molar-refractivity contribution in [2.45, 2.75) is 32.6 Å². The van der Waals surface area contributed by atoms with Gasteiger partial charge in [0.05, 0.1) is 19.8 Å². The SMILES string of the molecule is COC(=O)C(CC(C)=C(C)C)(C(=O)OC)c1ccc2ccccc2c1C#N. The van der Waals surface area contributed by atoms with Gasteiger partial charge in [0.15, 0.2) is 5.41 Å². The molecule has 0 bridgehead atoms. The second-order valence-corrected chi connectivity index (χ2v) is 6.67. The van der Waals surface area contributed by atoms with E-state index in [1.807, 2.05) is 39.0 Å². The standard InChI is InChI=1S/C22H23NO4/c1-14(2)15(3)12-22(20(24)26-4,21(25)27-5)19-11-10-16-8-6-7-9-17(16)18(19)13-23/h6-11H,12H2,1-5H3. The minimum absolute atomic E-state index is 0.0711. The van der Waals surface area contributed by atoms with E-state index >= 15 is 0 Å². The van der Waals surface area contributed by atoms with E-state index < -0.39 is 17.4 Å². The number of nitrogens with zero attached hydrogens (tertiary/aromatic N) is 1. The van der Waals surface area contributed by atoms with Crippen LogP contribution in [0.2, 0.25) is 0 Å². The molecule has 27 heavy (non-hydrogen) atoms. The van der Waals surface area contributed by atoms with Crippen LogP contribution in [0.5, 0.6) is 0 Å². The van der Waals surface area contributed by atoms with Gasteiger partial charge in [0.1, 0.15) is 6.07 Å². The number of benzene rings is 2. The summed E-state index contributed by atoms with van der Waals surface area (Å²) in [4.78, 5) is 25.9. The molecular formula is C22H23NO4. The number of esters is 2. The lowest BCUT2D eigenvalue weighted by Gasteiger charge is -2.30. The van der Waals surface area contributed by atoms with Gasteiger partial charge in [-0.25, -0.2) is 0 Å². The summed E-state index contributed by atoms with van der Waals surface area (Å²) in [5.41, 5.74) is 0.641. The Kier molecular flexibility index (Phi) is 6.02. The summed E-state index contributed by atoms with van der Waals surface area (Å²) in [6, 6.07) is 13.0. The molecule has 0 aliphatic carbocycles. The number of allylic oxidation sites excluding steroid dienone is 2. The van der Waals surface area contributed by atoms with Crippen LogP contribution in [0.4, 0.5) is 0 Å². The van der Waals surface area contributed by atoms with Crippen LogP contribution in [-0.4, -0.2) is 26.2 Å². The molecule has 0 unspecified atom stereocenters. The summed E-state index contributed by atoms with van der Waals surface area (Å²) in [5, 5.41) is 11.4. The average molecular weight is 365 g/mol. The normalized spacial score (nSPS) is 10.8. The Hall–Kier alpha value is -3.13. The fourth-order valence-corrected chi connectivity index (χ4v) is 3.21. The third-order valence-electron chi connectivity index (χ3n) is 4.95. The monoisotopic (exact) mass is 365 g/mol. The number of carbonyl (C=O) groups excluding carboxylic acids is 2. The lowest BCUT2D eigenvalue weighted by atomic mass is 9.72. The van der Waals surface area contributed by atoms with E-state index in [-0.39, 0.29) is 12.0 Å². The minimum Gasteiger partial charge on any atom is -0.468 e. The Morgan fingerprint density at radius 3 is 2.11 bits per heavy atom. The van der Waals surface area contributed by atoms with Crippen LogP contribution < -0.4 is 0 Å². The van der Waals surface area contributed by atoms with Crippen molar-refractivity contribution in [2.24, 2.45) is 0 Å². The van der Waals surface area contributed by atoms with Crippen molar-refractivity contribution in [3.63, 3.8) is 0 Å². The smallest absolute Gasteiger partial charge is 0.328 e. The second-order valence-electron chi connectivity index (χ2n) is 6.67. The largest absolute Gasteiger partial charge is 0.468 e. The van der Waals surface area contributed by atoms with E-state index in [4.69, 9.17) is 9.47 Å². The first-order valence-electron chi connectivity index (χ1n) is 8.55. The summed E-state index contributed by atoms with van der Waals surface area (Å²) in [5.74, 6) is -1.50. The molecule has 2 rings (SSSR count). The first-order valence-corrected chi connectivity index (χ1v) is 8.55. The zero-order valence-electron chi connectivity index (χ0n) is 16.3. The third kappa shape index (κ3) is 3.43. The highest BCUT2D eigenvalue weighted by atomic mass is 16.5. The number of ether oxygens (including phenoxy) is 2. The number of hydrogen-bond donors (Lipinski definition) is 0. The van der Waals surface area contributed by atoms with Crippen molar-refractivity contribution >= 4 is 22.7 Å². The van der Waals surface area contributed by atoms with Crippen molar-refractivity contribution in [3.8, 4) is 6.07 Å². The van der Waals surface area contributed by atoms with Gasteiger partial charge in [0, 0.05) is 0 Å². The fraction of sp³-hybridized carbons (Fsp3) is 0.318. The molecule has 0 aliphatic rings. The van der Waals surface area contributed by atoms with Crippen molar-refractivity contribution < 1.29 is 19.1 Å².